The summed E-state index contributed by atoms with van der Waals surface area (Å²) >= 11 is 0. The summed E-state index contributed by atoms with van der Waals surface area (Å²) in [6.07, 6.45) is 0.603. The first kappa shape index (κ1) is 15.0. The maximum Gasteiger partial charge on any atom is 0.430 e. The molecular weight excluding hydrogens is 272 g/mol. The lowest BCUT2D eigenvalue weighted by molar-refractivity contribution is -0.677. The molecule has 0 unspecified atom stereocenters. The number of carbonyl (C=O) groups excluding carboxylic acids is 1. The third-order valence-corrected chi connectivity index (χ3v) is 2.97. The van der Waals surface area contributed by atoms with Gasteiger partial charge in [-0.15, -0.1) is 0 Å². The number of H-pyrrole nitrogens is 1. The van der Waals surface area contributed by atoms with Crippen LogP contribution in [0, 0.1) is 5.92 Å². The van der Waals surface area contributed by atoms with Crippen molar-refractivity contribution in [1.82, 2.24) is 5.27 Å². The van der Waals surface area contributed by atoms with Crippen LogP contribution in [0.1, 0.15) is 36.8 Å². The zero-order valence-electron chi connectivity index (χ0n) is 12.4. The molecule has 0 aliphatic carbocycles. The number of hydrogen-bond donors (Lipinski definition) is 1. The molecule has 112 valence electrons. The van der Waals surface area contributed by atoms with Crippen LogP contribution < -0.4 is 10.3 Å². The summed E-state index contributed by atoms with van der Waals surface area (Å²) in [4.78, 5) is 23.3. The molecule has 1 heterocycles. The van der Waals surface area contributed by atoms with Gasteiger partial charge in [0.15, 0.2) is 0 Å². The highest BCUT2D eigenvalue weighted by Crippen LogP contribution is 2.07. The maximum atomic E-state index is 11.7. The van der Waals surface area contributed by atoms with Crippen LogP contribution in [0.2, 0.25) is 0 Å². The van der Waals surface area contributed by atoms with E-state index in [1.807, 2.05) is 13.8 Å². The number of nitrogens with one attached hydrogen (secondary N) is 1. The minimum absolute atomic E-state index is 0.328. The second kappa shape index (κ2) is 6.39. The molecule has 21 heavy (non-hydrogen) atoms. The number of rotatable bonds is 5. The molecular formula is C15H19N2O4+. The van der Waals surface area contributed by atoms with Crippen molar-refractivity contribution in [3.63, 3.8) is 0 Å². The Balaban J connectivity index is 2.31. The van der Waals surface area contributed by atoms with Gasteiger partial charge in [0, 0.05) is 18.6 Å². The van der Waals surface area contributed by atoms with Crippen molar-refractivity contribution in [2.75, 3.05) is 6.61 Å². The predicted octanol–water partition coefficient (Wildman–Crippen LogP) is 1.62. The van der Waals surface area contributed by atoms with E-state index in [-0.39, 0.29) is 11.6 Å². The molecule has 1 N–H and O–H groups in total. The van der Waals surface area contributed by atoms with Gasteiger partial charge >= 0.3 is 17.3 Å². The van der Waals surface area contributed by atoms with Gasteiger partial charge in [-0.1, -0.05) is 13.8 Å². The first-order valence-electron chi connectivity index (χ1n) is 6.93. The number of esters is 1. The Kier molecular flexibility index (Phi) is 4.57. The number of nitrogens with zero attached hydrogens (tertiary/aromatic N) is 1. The van der Waals surface area contributed by atoms with Crippen molar-refractivity contribution < 1.29 is 18.7 Å². The van der Waals surface area contributed by atoms with Gasteiger partial charge in [-0.05, 0) is 34.9 Å². The summed E-state index contributed by atoms with van der Waals surface area (Å²) < 4.78 is 11.4. The molecule has 0 amide bonds. The first-order chi connectivity index (χ1) is 10.0. The number of ether oxygens (including phenoxy) is 1. The molecule has 2 rings (SSSR count). The van der Waals surface area contributed by atoms with Crippen LogP contribution in [0.15, 0.2) is 33.6 Å². The van der Waals surface area contributed by atoms with Gasteiger partial charge in [0.2, 0.25) is 5.69 Å². The summed E-state index contributed by atoms with van der Waals surface area (Å²) in [7, 11) is 0. The van der Waals surface area contributed by atoms with Crippen LogP contribution in [0.3, 0.4) is 0 Å². The Morgan fingerprint density at radius 1 is 1.33 bits per heavy atom. The van der Waals surface area contributed by atoms with Crippen LogP contribution in [-0.2, 0) is 11.2 Å². The minimum Gasteiger partial charge on any atom is -0.462 e. The van der Waals surface area contributed by atoms with Gasteiger partial charge < -0.3 is 4.74 Å². The summed E-state index contributed by atoms with van der Waals surface area (Å²) in [5.41, 5.74) is 1.37. The Bertz CT molecular complexity index is 668. The van der Waals surface area contributed by atoms with Gasteiger partial charge in [0.25, 0.3) is 0 Å². The largest absolute Gasteiger partial charge is 0.462 e. The fourth-order valence-corrected chi connectivity index (χ4v) is 2.02. The topological polar surface area (TPSA) is 76.2 Å². The van der Waals surface area contributed by atoms with Crippen molar-refractivity contribution in [3.8, 4) is 5.69 Å². The van der Waals surface area contributed by atoms with Crippen molar-refractivity contribution in [1.29, 1.82) is 0 Å². The maximum absolute atomic E-state index is 11.7. The lowest BCUT2D eigenvalue weighted by Crippen LogP contribution is -2.39. The van der Waals surface area contributed by atoms with Crippen molar-refractivity contribution in [2.45, 2.75) is 27.2 Å². The van der Waals surface area contributed by atoms with E-state index in [0.29, 0.717) is 30.2 Å². The molecule has 0 saturated carbocycles. The van der Waals surface area contributed by atoms with Crippen molar-refractivity contribution in [2.24, 2.45) is 5.92 Å². The molecule has 0 bridgehead atoms. The van der Waals surface area contributed by atoms with E-state index < -0.39 is 0 Å². The molecule has 2 aromatic rings. The Morgan fingerprint density at radius 3 is 2.57 bits per heavy atom. The third kappa shape index (κ3) is 3.39. The molecule has 6 heteroatoms. The van der Waals surface area contributed by atoms with Crippen molar-refractivity contribution in [3.05, 3.63) is 45.9 Å². The van der Waals surface area contributed by atoms with E-state index in [2.05, 4.69) is 5.27 Å². The van der Waals surface area contributed by atoms with E-state index in [4.69, 9.17) is 9.26 Å². The molecule has 0 aliphatic heterocycles. The number of carbonyl (C=O) groups is 1. The second-order valence-electron chi connectivity index (χ2n) is 5.13. The fraction of sp³-hybridized carbons (Fsp3) is 0.400. The first-order valence-corrected chi connectivity index (χ1v) is 6.93. The molecule has 0 saturated heterocycles. The van der Waals surface area contributed by atoms with E-state index in [1.165, 1.54) is 0 Å². The third-order valence-electron chi connectivity index (χ3n) is 2.97. The molecule has 0 aliphatic rings. The summed E-state index contributed by atoms with van der Waals surface area (Å²) in [6.45, 7) is 6.15. The van der Waals surface area contributed by atoms with E-state index >= 15 is 0 Å². The van der Waals surface area contributed by atoms with Gasteiger partial charge in [0.1, 0.15) is 0 Å². The molecule has 0 atom stereocenters. The monoisotopic (exact) mass is 291 g/mol. The van der Waals surface area contributed by atoms with Gasteiger partial charge in [-0.25, -0.2) is 9.59 Å². The van der Waals surface area contributed by atoms with Crippen molar-refractivity contribution >= 4 is 5.97 Å². The Labute approximate surface area is 122 Å². The molecule has 0 fully saturated rings. The van der Waals surface area contributed by atoms with Crippen LogP contribution in [0.5, 0.6) is 0 Å². The summed E-state index contributed by atoms with van der Waals surface area (Å²) in [5.74, 6) is -0.0362. The summed E-state index contributed by atoms with van der Waals surface area (Å²) in [5, 5.41) is 2.58. The minimum atomic E-state index is -0.377. The fourth-order valence-electron chi connectivity index (χ4n) is 2.02. The highest BCUT2D eigenvalue weighted by atomic mass is 16.5. The zero-order valence-corrected chi connectivity index (χ0v) is 12.4. The average Bonchev–Trinajstić information content (AvgIpc) is 2.80. The number of aromatic amines is 1. The second-order valence-corrected chi connectivity index (χ2v) is 5.13. The number of benzene rings is 1. The number of hydrogen-bond acceptors (Lipinski definition) is 4. The predicted molar refractivity (Wildman–Crippen MR) is 75.4 cm³/mol. The highest BCUT2D eigenvalue weighted by Gasteiger charge is 2.24. The van der Waals surface area contributed by atoms with Crippen LogP contribution in [0.4, 0.5) is 0 Å². The lowest BCUT2D eigenvalue weighted by atomic mass is 10.1. The SMILES string of the molecule is CCOC(=O)c1ccc(-[n+]2[nH]oc(=O)c2CC(C)C)cc1. The average molecular weight is 291 g/mol. The quantitative estimate of drug-likeness (QED) is 0.671. The van der Waals surface area contributed by atoms with E-state index in [9.17, 15) is 9.59 Å². The molecule has 6 nitrogen and oxygen atoms in total. The highest BCUT2D eigenvalue weighted by molar-refractivity contribution is 5.89. The van der Waals surface area contributed by atoms with Gasteiger partial charge in [-0.2, -0.15) is 0 Å². The number of aromatic nitrogens is 2. The standard InChI is InChI=1S/C15H18N2O4/c1-4-20-14(18)11-5-7-12(8-6-11)17-13(9-10(2)3)15(19)21-16-17/h5-8,10H,4,9H2,1-3H3/p+1. The normalized spacial score (nSPS) is 10.9. The van der Waals surface area contributed by atoms with Gasteiger partial charge in [0.05, 0.1) is 12.2 Å². The van der Waals surface area contributed by atoms with Crippen LogP contribution in [0.25, 0.3) is 5.69 Å². The summed E-state index contributed by atoms with van der Waals surface area (Å²) in [6, 6.07) is 6.79. The smallest absolute Gasteiger partial charge is 0.430 e. The Hall–Kier alpha value is -2.37. The zero-order chi connectivity index (χ0) is 15.4. The van der Waals surface area contributed by atoms with Gasteiger partial charge in [-0.3, -0.25) is 4.52 Å². The molecule has 1 aromatic carbocycles. The van der Waals surface area contributed by atoms with Crippen LogP contribution >= 0.6 is 0 Å². The van der Waals surface area contributed by atoms with E-state index in [0.717, 1.165) is 5.69 Å². The van der Waals surface area contributed by atoms with E-state index in [1.54, 1.807) is 35.9 Å². The Morgan fingerprint density at radius 2 is 2.00 bits per heavy atom. The lowest BCUT2D eigenvalue weighted by Gasteiger charge is -2.01. The molecule has 0 radical (unpaired) electrons. The molecule has 0 spiro atoms. The van der Waals surface area contributed by atoms with Crippen LogP contribution in [-0.4, -0.2) is 17.8 Å². The molecule has 1 aromatic heterocycles.